The first-order valence-corrected chi connectivity index (χ1v) is 9.53. The monoisotopic (exact) mass is 326 g/mol. The van der Waals surface area contributed by atoms with E-state index in [4.69, 9.17) is 22.7 Å². The van der Waals surface area contributed by atoms with E-state index in [2.05, 4.69) is 0 Å². The lowest BCUT2D eigenvalue weighted by Gasteiger charge is -2.39. The summed E-state index contributed by atoms with van der Waals surface area (Å²) in [6, 6.07) is 0. The Morgan fingerprint density at radius 3 is 2.47 bits per heavy atom. The van der Waals surface area contributed by atoms with E-state index in [0.29, 0.717) is 37.5 Å². The predicted molar refractivity (Wildman–Crippen MR) is 84.1 cm³/mol. The van der Waals surface area contributed by atoms with Crippen molar-refractivity contribution in [3.05, 3.63) is 0 Å². The second kappa shape index (κ2) is 7.21. The zero-order chi connectivity index (χ0) is 14.5. The quantitative estimate of drug-likeness (QED) is 0.552. The lowest BCUT2D eigenvalue weighted by Crippen LogP contribution is -2.51. The topological polar surface area (TPSA) is 72.6 Å². The minimum atomic E-state index is -3.22. The van der Waals surface area contributed by atoms with Crippen LogP contribution < -0.4 is 5.73 Å². The van der Waals surface area contributed by atoms with Gasteiger partial charge in [0.1, 0.15) is 0 Å². The van der Waals surface area contributed by atoms with E-state index < -0.39 is 10.0 Å². The Bertz CT molecular complexity index is 403. The molecule has 1 rings (SSSR count). The lowest BCUT2D eigenvalue weighted by atomic mass is 9.97. The van der Waals surface area contributed by atoms with E-state index in [1.54, 1.807) is 11.8 Å². The number of hydrogen-bond donors (Lipinski definition) is 1. The molecular formula is C11H22N2O3S3. The fourth-order valence-electron chi connectivity index (χ4n) is 2.11. The first-order valence-electron chi connectivity index (χ1n) is 6.28. The van der Waals surface area contributed by atoms with Gasteiger partial charge in [-0.25, -0.2) is 12.7 Å². The van der Waals surface area contributed by atoms with Crippen molar-refractivity contribution in [3.63, 3.8) is 0 Å². The molecule has 1 aliphatic heterocycles. The van der Waals surface area contributed by atoms with E-state index in [-0.39, 0.29) is 17.1 Å². The van der Waals surface area contributed by atoms with Gasteiger partial charge in [0, 0.05) is 19.7 Å². The molecule has 8 heteroatoms. The van der Waals surface area contributed by atoms with Crippen LogP contribution in [0.1, 0.15) is 19.8 Å². The van der Waals surface area contributed by atoms with Crippen molar-refractivity contribution in [2.45, 2.75) is 24.5 Å². The highest BCUT2D eigenvalue weighted by Gasteiger charge is 2.39. The molecule has 2 N–H and O–H groups in total. The molecule has 0 aromatic carbocycles. The number of nitrogens with zero attached hydrogens (tertiary/aromatic N) is 1. The summed E-state index contributed by atoms with van der Waals surface area (Å²) >= 11 is 6.74. The Hall–Kier alpha value is 0.110. The standard InChI is InChI=1S/C11H22N2O3S3/c1-3-16-8-9-19(14,15)13-6-4-11(18-2,5-7-13)10(12)17/h3-9H2,1-2H3,(H2,12,17). The molecule has 1 saturated heterocycles. The van der Waals surface area contributed by atoms with Gasteiger partial charge in [-0.05, 0) is 26.0 Å². The summed E-state index contributed by atoms with van der Waals surface area (Å²) in [4.78, 5) is 0.478. The third kappa shape index (κ3) is 4.29. The van der Waals surface area contributed by atoms with Crippen molar-refractivity contribution >= 4 is 39.0 Å². The average Bonchev–Trinajstić information content (AvgIpc) is 2.38. The van der Waals surface area contributed by atoms with Gasteiger partial charge >= 0.3 is 0 Å². The average molecular weight is 327 g/mol. The fraction of sp³-hybridized carbons (Fsp3) is 0.909. The van der Waals surface area contributed by atoms with Gasteiger partial charge < -0.3 is 10.5 Å². The highest BCUT2D eigenvalue weighted by Crippen LogP contribution is 2.35. The Balaban J connectivity index is 2.60. The van der Waals surface area contributed by atoms with Crippen molar-refractivity contribution < 1.29 is 13.2 Å². The van der Waals surface area contributed by atoms with Crippen LogP contribution in [0.4, 0.5) is 0 Å². The molecule has 0 radical (unpaired) electrons. The highest BCUT2D eigenvalue weighted by atomic mass is 32.2. The van der Waals surface area contributed by atoms with Crippen LogP contribution in [0.5, 0.6) is 0 Å². The Morgan fingerprint density at radius 2 is 2.05 bits per heavy atom. The smallest absolute Gasteiger partial charge is 0.216 e. The summed E-state index contributed by atoms with van der Waals surface area (Å²) in [7, 11) is -3.22. The van der Waals surface area contributed by atoms with Gasteiger partial charge in [-0.2, -0.15) is 11.8 Å². The maximum Gasteiger partial charge on any atom is 0.216 e. The van der Waals surface area contributed by atoms with Crippen LogP contribution in [-0.4, -0.2) is 60.8 Å². The molecule has 5 nitrogen and oxygen atoms in total. The van der Waals surface area contributed by atoms with Crippen molar-refractivity contribution in [2.75, 3.05) is 38.3 Å². The third-order valence-electron chi connectivity index (χ3n) is 3.45. The van der Waals surface area contributed by atoms with Crippen LogP contribution in [0, 0.1) is 0 Å². The van der Waals surface area contributed by atoms with Crippen LogP contribution in [-0.2, 0) is 14.8 Å². The fourth-order valence-corrected chi connectivity index (χ4v) is 4.69. The van der Waals surface area contributed by atoms with Crippen molar-refractivity contribution in [1.29, 1.82) is 0 Å². The summed E-state index contributed by atoms with van der Waals surface area (Å²) in [5.74, 6) is 0.0418. The van der Waals surface area contributed by atoms with Gasteiger partial charge in [0.15, 0.2) is 0 Å². The van der Waals surface area contributed by atoms with E-state index in [1.165, 1.54) is 4.31 Å². The van der Waals surface area contributed by atoms with Crippen molar-refractivity contribution in [3.8, 4) is 0 Å². The van der Waals surface area contributed by atoms with Gasteiger partial charge in [0.05, 0.1) is 22.1 Å². The number of piperidine rings is 1. The third-order valence-corrected chi connectivity index (χ3v) is 7.22. The molecule has 112 valence electrons. The van der Waals surface area contributed by atoms with E-state index in [1.807, 2.05) is 13.2 Å². The SMILES string of the molecule is CCOCCS(=O)(=O)N1CCC(SC)(C(N)=S)CC1. The van der Waals surface area contributed by atoms with E-state index in [9.17, 15) is 8.42 Å². The number of thiocarbonyl (C=S) groups is 1. The van der Waals surface area contributed by atoms with E-state index >= 15 is 0 Å². The maximum atomic E-state index is 12.1. The minimum absolute atomic E-state index is 0.0418. The predicted octanol–water partition coefficient (Wildman–Crippen LogP) is 0.836. The normalized spacial score (nSPS) is 20.3. The molecule has 0 aromatic rings. The second-order valence-electron chi connectivity index (χ2n) is 4.47. The lowest BCUT2D eigenvalue weighted by molar-refractivity contribution is 0.162. The summed E-state index contributed by atoms with van der Waals surface area (Å²) in [5, 5.41) is 0. The summed E-state index contributed by atoms with van der Waals surface area (Å²) < 4.78 is 30.6. The van der Waals surface area contributed by atoms with Crippen LogP contribution >= 0.6 is 24.0 Å². The summed E-state index contributed by atoms with van der Waals surface area (Å²) in [5.41, 5.74) is 5.79. The maximum absolute atomic E-state index is 12.1. The van der Waals surface area contributed by atoms with Gasteiger partial charge in [-0.15, -0.1) is 0 Å². The molecule has 0 atom stereocenters. The molecule has 0 amide bonds. The molecule has 1 aliphatic rings. The Kier molecular flexibility index (Phi) is 6.52. The largest absolute Gasteiger partial charge is 0.392 e. The van der Waals surface area contributed by atoms with Crippen molar-refractivity contribution in [1.82, 2.24) is 4.31 Å². The Labute approximate surface area is 125 Å². The number of hydrogen-bond acceptors (Lipinski definition) is 5. The molecule has 1 fully saturated rings. The summed E-state index contributed by atoms with van der Waals surface area (Å²) in [6.45, 7) is 3.59. The molecule has 0 bridgehead atoms. The van der Waals surface area contributed by atoms with Gasteiger partial charge in [-0.1, -0.05) is 12.2 Å². The van der Waals surface area contributed by atoms with Gasteiger partial charge in [0.2, 0.25) is 10.0 Å². The number of ether oxygens (including phenoxy) is 1. The van der Waals surface area contributed by atoms with Gasteiger partial charge in [-0.3, -0.25) is 0 Å². The van der Waals surface area contributed by atoms with Crippen LogP contribution in [0.15, 0.2) is 0 Å². The zero-order valence-electron chi connectivity index (χ0n) is 11.4. The molecule has 1 heterocycles. The number of thioether (sulfide) groups is 1. The van der Waals surface area contributed by atoms with E-state index in [0.717, 1.165) is 0 Å². The molecule has 0 saturated carbocycles. The first kappa shape index (κ1) is 17.2. The highest BCUT2D eigenvalue weighted by molar-refractivity contribution is 8.02. The zero-order valence-corrected chi connectivity index (χ0v) is 13.9. The number of nitrogens with two attached hydrogens (primary N) is 1. The molecule has 0 spiro atoms. The Morgan fingerprint density at radius 1 is 1.47 bits per heavy atom. The van der Waals surface area contributed by atoms with Crippen LogP contribution in [0.2, 0.25) is 0 Å². The van der Waals surface area contributed by atoms with Crippen molar-refractivity contribution in [2.24, 2.45) is 5.73 Å². The summed E-state index contributed by atoms with van der Waals surface area (Å²) in [6.07, 6.45) is 3.33. The first-order chi connectivity index (χ1) is 8.88. The second-order valence-corrected chi connectivity index (χ2v) is 8.19. The molecule has 19 heavy (non-hydrogen) atoms. The molecule has 0 unspecified atom stereocenters. The van der Waals surface area contributed by atoms with Gasteiger partial charge in [0.25, 0.3) is 0 Å². The van der Waals surface area contributed by atoms with Crippen LogP contribution in [0.3, 0.4) is 0 Å². The number of rotatable bonds is 7. The number of sulfonamides is 1. The van der Waals surface area contributed by atoms with Crippen LogP contribution in [0.25, 0.3) is 0 Å². The molecular weight excluding hydrogens is 304 g/mol. The molecule has 0 aliphatic carbocycles. The minimum Gasteiger partial charge on any atom is -0.392 e. The molecule has 0 aromatic heterocycles.